The molecular weight excluding hydrogens is 298 g/mol. The zero-order valence-corrected chi connectivity index (χ0v) is 15.1. The Morgan fingerprint density at radius 3 is 1.87 bits per heavy atom. The Morgan fingerprint density at radius 2 is 1.35 bits per heavy atom. The third-order valence-corrected chi connectivity index (χ3v) is 3.04. The number of ketones is 1. The smallest absolute Gasteiger partial charge is 0.220 e. The van der Waals surface area contributed by atoms with Crippen LogP contribution in [0.4, 0.5) is 0 Å². The summed E-state index contributed by atoms with van der Waals surface area (Å²) in [6.45, 7) is 11.2. The van der Waals surface area contributed by atoms with E-state index in [1.165, 1.54) is 0 Å². The van der Waals surface area contributed by atoms with Crippen LogP contribution in [-0.4, -0.2) is 57.9 Å². The second kappa shape index (κ2) is 14.6. The summed E-state index contributed by atoms with van der Waals surface area (Å²) in [6, 6.07) is 0. The molecule has 23 heavy (non-hydrogen) atoms. The lowest BCUT2D eigenvalue weighted by molar-refractivity contribution is -0.123. The Hall–Kier alpha value is -0.980. The maximum Gasteiger partial charge on any atom is 0.220 e. The van der Waals surface area contributed by atoms with Crippen molar-refractivity contribution in [2.45, 2.75) is 40.5 Å². The van der Waals surface area contributed by atoms with E-state index in [4.69, 9.17) is 14.2 Å². The van der Waals surface area contributed by atoms with Gasteiger partial charge in [0.25, 0.3) is 0 Å². The number of ether oxygens (including phenoxy) is 3. The van der Waals surface area contributed by atoms with Gasteiger partial charge in [0, 0.05) is 25.3 Å². The van der Waals surface area contributed by atoms with E-state index < -0.39 is 0 Å². The Balaban J connectivity index is 3.19. The zero-order valence-electron chi connectivity index (χ0n) is 15.1. The van der Waals surface area contributed by atoms with E-state index >= 15 is 0 Å². The number of hydrogen-bond donors (Lipinski definition) is 1. The van der Waals surface area contributed by atoms with Gasteiger partial charge >= 0.3 is 0 Å². The van der Waals surface area contributed by atoms with Crippen LogP contribution in [0.5, 0.6) is 0 Å². The molecule has 0 radical (unpaired) electrons. The second-order valence-corrected chi connectivity index (χ2v) is 6.16. The molecule has 136 valence electrons. The molecule has 0 spiro atoms. The molecule has 6 nitrogen and oxygen atoms in total. The predicted molar refractivity (Wildman–Crippen MR) is 89.4 cm³/mol. The molecule has 0 saturated carbocycles. The standard InChI is InChI=1S/C17H33NO5/c1-14(2)13-17(20)18-6-8-22-10-12-23-11-9-21-7-5-16(19)15(3)4/h14-15H,5-13H2,1-4H3,(H,18,20). The van der Waals surface area contributed by atoms with Crippen LogP contribution in [0.15, 0.2) is 0 Å². The quantitative estimate of drug-likeness (QED) is 0.463. The fourth-order valence-corrected chi connectivity index (χ4v) is 1.71. The average molecular weight is 331 g/mol. The van der Waals surface area contributed by atoms with E-state index in [1.807, 2.05) is 27.7 Å². The van der Waals surface area contributed by atoms with E-state index in [9.17, 15) is 9.59 Å². The maximum atomic E-state index is 11.4. The molecule has 6 heteroatoms. The van der Waals surface area contributed by atoms with Gasteiger partial charge in [0.2, 0.25) is 5.91 Å². The Morgan fingerprint density at radius 1 is 0.826 bits per heavy atom. The Labute approximate surface area is 140 Å². The summed E-state index contributed by atoms with van der Waals surface area (Å²) in [5.74, 6) is 0.727. The van der Waals surface area contributed by atoms with Gasteiger partial charge in [-0.1, -0.05) is 27.7 Å². The summed E-state index contributed by atoms with van der Waals surface area (Å²) in [5, 5.41) is 2.80. The fourth-order valence-electron chi connectivity index (χ4n) is 1.71. The molecule has 0 aliphatic carbocycles. The highest BCUT2D eigenvalue weighted by molar-refractivity contribution is 5.80. The van der Waals surface area contributed by atoms with Crippen molar-refractivity contribution in [2.24, 2.45) is 11.8 Å². The van der Waals surface area contributed by atoms with Crippen molar-refractivity contribution < 1.29 is 23.8 Å². The van der Waals surface area contributed by atoms with E-state index in [-0.39, 0.29) is 17.6 Å². The van der Waals surface area contributed by atoms with Crippen LogP contribution in [0.1, 0.15) is 40.5 Å². The Bertz CT molecular complexity index is 318. The molecule has 0 rings (SSSR count). The van der Waals surface area contributed by atoms with E-state index in [0.717, 1.165) is 0 Å². The number of carbonyl (C=O) groups excluding carboxylic acids is 2. The van der Waals surface area contributed by atoms with Crippen molar-refractivity contribution in [2.75, 3.05) is 46.2 Å². The van der Waals surface area contributed by atoms with Crippen molar-refractivity contribution in [1.82, 2.24) is 5.32 Å². The van der Waals surface area contributed by atoms with Crippen LogP contribution in [0.3, 0.4) is 0 Å². The van der Waals surface area contributed by atoms with E-state index in [1.54, 1.807) is 0 Å². The summed E-state index contributed by atoms with van der Waals surface area (Å²) >= 11 is 0. The number of rotatable bonds is 15. The van der Waals surface area contributed by atoms with Gasteiger partial charge in [-0.2, -0.15) is 0 Å². The van der Waals surface area contributed by atoms with Crippen LogP contribution < -0.4 is 5.32 Å². The number of amides is 1. The predicted octanol–water partition coefficient (Wildman–Crippen LogP) is 1.81. The molecule has 0 heterocycles. The molecule has 1 amide bonds. The van der Waals surface area contributed by atoms with Crippen molar-refractivity contribution >= 4 is 11.7 Å². The first-order valence-electron chi connectivity index (χ1n) is 8.46. The average Bonchev–Trinajstić information content (AvgIpc) is 2.47. The van der Waals surface area contributed by atoms with Crippen molar-refractivity contribution in [3.8, 4) is 0 Å². The molecular formula is C17H33NO5. The molecule has 0 fully saturated rings. The number of hydrogen-bond acceptors (Lipinski definition) is 5. The third kappa shape index (κ3) is 15.7. The third-order valence-electron chi connectivity index (χ3n) is 3.04. The first-order valence-corrected chi connectivity index (χ1v) is 8.46. The number of carbonyl (C=O) groups is 2. The van der Waals surface area contributed by atoms with Crippen molar-refractivity contribution in [3.63, 3.8) is 0 Å². The van der Waals surface area contributed by atoms with E-state index in [0.29, 0.717) is 64.9 Å². The zero-order chi connectivity index (χ0) is 17.5. The molecule has 0 aromatic carbocycles. The minimum Gasteiger partial charge on any atom is -0.379 e. The minimum absolute atomic E-state index is 0.0629. The first kappa shape index (κ1) is 22.0. The largest absolute Gasteiger partial charge is 0.379 e. The monoisotopic (exact) mass is 331 g/mol. The highest BCUT2D eigenvalue weighted by Crippen LogP contribution is 1.98. The first-order chi connectivity index (χ1) is 10.9. The summed E-state index contributed by atoms with van der Waals surface area (Å²) in [6.07, 6.45) is 1.01. The van der Waals surface area contributed by atoms with Gasteiger partial charge in [0.15, 0.2) is 0 Å². The SMILES string of the molecule is CC(C)CC(=O)NCCOCCOCCOCCC(=O)C(C)C. The number of Topliss-reactive ketones (excluding diaryl/α,β-unsaturated/α-hetero) is 1. The molecule has 0 bridgehead atoms. The molecule has 0 aliphatic heterocycles. The topological polar surface area (TPSA) is 73.9 Å². The summed E-state index contributed by atoms with van der Waals surface area (Å²) in [7, 11) is 0. The van der Waals surface area contributed by atoms with Gasteiger partial charge in [-0.25, -0.2) is 0 Å². The maximum absolute atomic E-state index is 11.4. The van der Waals surface area contributed by atoms with Gasteiger partial charge in [-0.05, 0) is 5.92 Å². The minimum atomic E-state index is 0.0629. The van der Waals surface area contributed by atoms with Crippen molar-refractivity contribution in [3.05, 3.63) is 0 Å². The summed E-state index contributed by atoms with van der Waals surface area (Å²) in [5.41, 5.74) is 0. The lowest BCUT2D eigenvalue weighted by atomic mass is 10.1. The van der Waals surface area contributed by atoms with Crippen LogP contribution in [0.2, 0.25) is 0 Å². The molecule has 0 atom stereocenters. The van der Waals surface area contributed by atoms with Crippen molar-refractivity contribution in [1.29, 1.82) is 0 Å². The van der Waals surface area contributed by atoms with Gasteiger partial charge in [-0.3, -0.25) is 9.59 Å². The Kier molecular flexibility index (Phi) is 14.0. The molecule has 1 N–H and O–H groups in total. The van der Waals surface area contributed by atoms with Crippen LogP contribution in [0.25, 0.3) is 0 Å². The lowest BCUT2D eigenvalue weighted by Crippen LogP contribution is -2.28. The fraction of sp³-hybridized carbons (Fsp3) is 0.882. The molecule has 0 unspecified atom stereocenters. The molecule has 0 aromatic heterocycles. The van der Waals surface area contributed by atoms with Gasteiger partial charge in [0.1, 0.15) is 5.78 Å². The summed E-state index contributed by atoms with van der Waals surface area (Å²) < 4.78 is 16.0. The highest BCUT2D eigenvalue weighted by atomic mass is 16.5. The van der Waals surface area contributed by atoms with Crippen LogP contribution >= 0.6 is 0 Å². The van der Waals surface area contributed by atoms with Crippen LogP contribution in [0, 0.1) is 11.8 Å². The molecule has 0 saturated heterocycles. The highest BCUT2D eigenvalue weighted by Gasteiger charge is 2.06. The van der Waals surface area contributed by atoms with Gasteiger partial charge < -0.3 is 19.5 Å². The normalized spacial score (nSPS) is 11.2. The van der Waals surface area contributed by atoms with E-state index in [2.05, 4.69) is 5.32 Å². The molecule has 0 aliphatic rings. The van der Waals surface area contributed by atoms with Gasteiger partial charge in [-0.15, -0.1) is 0 Å². The summed E-state index contributed by atoms with van der Waals surface area (Å²) in [4.78, 5) is 22.7. The van der Waals surface area contributed by atoms with Crippen LogP contribution in [-0.2, 0) is 23.8 Å². The molecule has 0 aromatic rings. The van der Waals surface area contributed by atoms with Gasteiger partial charge in [0.05, 0.1) is 39.6 Å². The lowest BCUT2D eigenvalue weighted by Gasteiger charge is -2.09. The second-order valence-electron chi connectivity index (χ2n) is 6.16. The number of nitrogens with one attached hydrogen (secondary N) is 1.